The van der Waals surface area contributed by atoms with E-state index in [-0.39, 0.29) is 6.04 Å². The van der Waals surface area contributed by atoms with Crippen LogP contribution in [0, 0.1) is 0 Å². The molecule has 1 aliphatic heterocycles. The first-order valence-electron chi connectivity index (χ1n) is 14.6. The van der Waals surface area contributed by atoms with Crippen LogP contribution >= 0.6 is 0 Å². The molecular formula is C33H42N6. The van der Waals surface area contributed by atoms with Crippen LogP contribution < -0.4 is 10.6 Å². The Bertz CT molecular complexity index is 1510. The molecule has 1 saturated heterocycles. The van der Waals surface area contributed by atoms with Gasteiger partial charge in [-0.25, -0.2) is 9.97 Å². The van der Waals surface area contributed by atoms with Crippen LogP contribution in [0.4, 0.5) is 0 Å². The molecule has 0 aliphatic carbocycles. The van der Waals surface area contributed by atoms with Gasteiger partial charge < -0.3 is 20.6 Å². The molecule has 0 bridgehead atoms. The Balaban J connectivity index is 0.000000983. The normalized spacial score (nSPS) is 17.9. The summed E-state index contributed by atoms with van der Waals surface area (Å²) in [4.78, 5) is 16.7. The van der Waals surface area contributed by atoms with Crippen molar-refractivity contribution in [3.63, 3.8) is 0 Å². The van der Waals surface area contributed by atoms with Crippen molar-refractivity contribution >= 4 is 22.1 Å². The first kappa shape index (κ1) is 27.1. The highest BCUT2D eigenvalue weighted by Crippen LogP contribution is 2.31. The molecule has 3 heterocycles. The summed E-state index contributed by atoms with van der Waals surface area (Å²) in [5.41, 5.74) is 8.97. The van der Waals surface area contributed by atoms with E-state index in [4.69, 9.17) is 9.97 Å². The lowest BCUT2D eigenvalue weighted by Crippen LogP contribution is -2.23. The lowest BCUT2D eigenvalue weighted by atomic mass is 10.00. The molecule has 4 N–H and O–H groups in total. The molecule has 6 rings (SSSR count). The molecule has 204 valence electrons. The minimum Gasteiger partial charge on any atom is -0.341 e. The highest BCUT2D eigenvalue weighted by atomic mass is 15.1. The maximum absolute atomic E-state index is 4.87. The van der Waals surface area contributed by atoms with E-state index in [2.05, 4.69) is 116 Å². The molecule has 3 atom stereocenters. The van der Waals surface area contributed by atoms with Crippen molar-refractivity contribution in [3.8, 4) is 22.3 Å². The Morgan fingerprint density at radius 3 is 1.90 bits per heavy atom. The average Bonchev–Trinajstić information content (AvgIpc) is 3.70. The number of benzene rings is 3. The summed E-state index contributed by atoms with van der Waals surface area (Å²) in [5.74, 6) is 2.04. The molecule has 1 fully saturated rings. The first-order valence-corrected chi connectivity index (χ1v) is 14.6. The maximum Gasteiger partial charge on any atom is 0.124 e. The van der Waals surface area contributed by atoms with E-state index in [9.17, 15) is 0 Å². The molecule has 1 unspecified atom stereocenters. The molecule has 0 radical (unpaired) electrons. The van der Waals surface area contributed by atoms with E-state index in [0.29, 0.717) is 12.1 Å². The van der Waals surface area contributed by atoms with E-state index in [0.717, 1.165) is 46.7 Å². The number of nitrogens with zero attached hydrogens (tertiary/aromatic N) is 2. The van der Waals surface area contributed by atoms with Gasteiger partial charge in [0, 0.05) is 6.04 Å². The van der Waals surface area contributed by atoms with Gasteiger partial charge >= 0.3 is 0 Å². The van der Waals surface area contributed by atoms with Crippen molar-refractivity contribution in [2.75, 3.05) is 6.54 Å². The van der Waals surface area contributed by atoms with Crippen LogP contribution in [0.5, 0.6) is 0 Å². The van der Waals surface area contributed by atoms with E-state index in [1.54, 1.807) is 0 Å². The monoisotopic (exact) mass is 522 g/mol. The number of aromatic nitrogens is 4. The van der Waals surface area contributed by atoms with Crippen LogP contribution in [-0.2, 0) is 0 Å². The molecule has 39 heavy (non-hydrogen) atoms. The summed E-state index contributed by atoms with van der Waals surface area (Å²) in [7, 11) is 0. The Morgan fingerprint density at radius 2 is 1.33 bits per heavy atom. The molecule has 6 heteroatoms. The number of hydrogen-bond donors (Lipinski definition) is 4. The van der Waals surface area contributed by atoms with Crippen LogP contribution in [0.25, 0.3) is 44.3 Å². The van der Waals surface area contributed by atoms with E-state index >= 15 is 0 Å². The molecule has 0 amide bonds. The van der Waals surface area contributed by atoms with E-state index in [1.165, 1.54) is 41.5 Å². The van der Waals surface area contributed by atoms with Gasteiger partial charge in [-0.15, -0.1) is 0 Å². The fourth-order valence-corrected chi connectivity index (χ4v) is 5.40. The van der Waals surface area contributed by atoms with Gasteiger partial charge in [-0.3, -0.25) is 0 Å². The van der Waals surface area contributed by atoms with Crippen LogP contribution in [0.2, 0.25) is 0 Å². The molecule has 6 nitrogen and oxygen atoms in total. The van der Waals surface area contributed by atoms with Gasteiger partial charge in [-0.2, -0.15) is 0 Å². The number of hydrogen-bond acceptors (Lipinski definition) is 4. The minimum atomic E-state index is 0.205. The van der Waals surface area contributed by atoms with Crippen molar-refractivity contribution in [2.45, 2.75) is 78.4 Å². The molecule has 2 aromatic heterocycles. The lowest BCUT2D eigenvalue weighted by Gasteiger charge is -2.09. The number of rotatable bonds is 7. The molecule has 1 aliphatic rings. The van der Waals surface area contributed by atoms with Crippen molar-refractivity contribution < 1.29 is 0 Å². The van der Waals surface area contributed by atoms with Crippen molar-refractivity contribution in [3.05, 3.63) is 72.3 Å². The predicted molar refractivity (Wildman–Crippen MR) is 164 cm³/mol. The first-order chi connectivity index (χ1) is 19.0. The lowest BCUT2D eigenvalue weighted by molar-refractivity contribution is 0.528. The van der Waals surface area contributed by atoms with Gasteiger partial charge in [0.1, 0.15) is 11.6 Å². The summed E-state index contributed by atoms with van der Waals surface area (Å²) in [6, 6.07) is 22.9. The second kappa shape index (κ2) is 12.1. The fourth-order valence-electron chi connectivity index (χ4n) is 5.40. The van der Waals surface area contributed by atoms with Crippen molar-refractivity contribution in [1.29, 1.82) is 0 Å². The summed E-state index contributed by atoms with van der Waals surface area (Å²) in [5, 5.41) is 7.12. The Labute approximate surface area is 232 Å². The summed E-state index contributed by atoms with van der Waals surface area (Å²) in [6.45, 7) is 11.7. The van der Waals surface area contributed by atoms with Gasteiger partial charge in [0.2, 0.25) is 0 Å². The largest absolute Gasteiger partial charge is 0.341 e. The molecule has 0 saturated carbocycles. The zero-order valence-electron chi connectivity index (χ0n) is 23.9. The number of aromatic amines is 2. The van der Waals surface area contributed by atoms with Gasteiger partial charge in [-0.1, -0.05) is 70.5 Å². The summed E-state index contributed by atoms with van der Waals surface area (Å²) < 4.78 is 0. The van der Waals surface area contributed by atoms with Gasteiger partial charge in [-0.05, 0) is 79.3 Å². The fraction of sp³-hybridized carbons (Fsp3) is 0.394. The second-order valence-corrected chi connectivity index (χ2v) is 10.7. The Hall–Kier alpha value is -3.48. The minimum absolute atomic E-state index is 0.205. The number of imidazole rings is 2. The SMILES string of the molecule is CCC.CCN[C@@H](C)c1nc2ccc(-c3ccc(-c4ccc5nc(C6CC[C@@H](CC)N6)[nH]c5c4)cc3)cc2[nH]1. The molecule has 3 aromatic carbocycles. The second-order valence-electron chi connectivity index (χ2n) is 10.7. The quantitative estimate of drug-likeness (QED) is 0.174. The zero-order chi connectivity index (χ0) is 27.4. The van der Waals surface area contributed by atoms with Crippen molar-refractivity contribution in [1.82, 2.24) is 30.6 Å². The van der Waals surface area contributed by atoms with Crippen LogP contribution in [0.3, 0.4) is 0 Å². The number of nitrogens with one attached hydrogen (secondary N) is 4. The predicted octanol–water partition coefficient (Wildman–Crippen LogP) is 8.06. The molecule has 5 aromatic rings. The summed E-state index contributed by atoms with van der Waals surface area (Å²) in [6.07, 6.45) is 4.79. The highest BCUT2D eigenvalue weighted by Gasteiger charge is 2.25. The van der Waals surface area contributed by atoms with Crippen LogP contribution in [0.1, 0.15) is 84.0 Å². The molecular weight excluding hydrogens is 480 g/mol. The van der Waals surface area contributed by atoms with E-state index in [1.807, 2.05) is 0 Å². The number of fused-ring (bicyclic) bond motifs is 2. The highest BCUT2D eigenvalue weighted by molar-refractivity contribution is 5.84. The van der Waals surface area contributed by atoms with Gasteiger partial charge in [0.15, 0.2) is 0 Å². The maximum atomic E-state index is 4.87. The Kier molecular flexibility index (Phi) is 8.44. The van der Waals surface area contributed by atoms with Crippen LogP contribution in [0.15, 0.2) is 60.7 Å². The summed E-state index contributed by atoms with van der Waals surface area (Å²) >= 11 is 0. The smallest absolute Gasteiger partial charge is 0.124 e. The third-order valence-corrected chi connectivity index (χ3v) is 7.54. The average molecular weight is 523 g/mol. The van der Waals surface area contributed by atoms with Crippen LogP contribution in [-0.4, -0.2) is 32.5 Å². The van der Waals surface area contributed by atoms with Crippen molar-refractivity contribution in [2.24, 2.45) is 0 Å². The topological polar surface area (TPSA) is 81.4 Å². The van der Waals surface area contributed by atoms with E-state index < -0.39 is 0 Å². The number of H-pyrrole nitrogens is 2. The van der Waals surface area contributed by atoms with Gasteiger partial charge in [0.25, 0.3) is 0 Å². The van der Waals surface area contributed by atoms with Gasteiger partial charge in [0.05, 0.1) is 34.2 Å². The third kappa shape index (κ3) is 5.92. The molecule has 0 spiro atoms. The standard InChI is InChI=1S/C30H34N6.C3H8/c1-4-23-12-15-26(32-23)30-34-25-14-11-22(17-28(25)36-30)20-8-6-19(7-9-20)21-10-13-24-27(16-21)35-29(33-24)18(3)31-5-2;1-3-2/h6-11,13-14,16-18,23,26,31-32H,4-5,12,15H2,1-3H3,(H,33,35)(H,34,36);3H2,1-2H3/t18-,23+,26?;/m0./s1. The zero-order valence-corrected chi connectivity index (χ0v) is 23.9. The Morgan fingerprint density at radius 1 is 0.769 bits per heavy atom. The third-order valence-electron chi connectivity index (χ3n) is 7.54.